The maximum absolute atomic E-state index is 12.2. The lowest BCUT2D eigenvalue weighted by atomic mass is 10.2. The number of esters is 1. The Hall–Kier alpha value is -2.37. The lowest BCUT2D eigenvalue weighted by molar-refractivity contribution is 0.0280. The highest BCUT2D eigenvalue weighted by molar-refractivity contribution is 6.36. The van der Waals surface area contributed by atoms with Gasteiger partial charge in [-0.05, 0) is 37.3 Å². The van der Waals surface area contributed by atoms with Crippen LogP contribution in [0.4, 0.5) is 0 Å². The van der Waals surface area contributed by atoms with Gasteiger partial charge in [0.1, 0.15) is 0 Å². The zero-order valence-corrected chi connectivity index (χ0v) is 14.1. The summed E-state index contributed by atoms with van der Waals surface area (Å²) in [6, 6.07) is 13.9. The van der Waals surface area contributed by atoms with Crippen LogP contribution in [0.2, 0.25) is 10.0 Å². The molecule has 0 spiro atoms. The fourth-order valence-corrected chi connectivity index (χ4v) is 2.51. The summed E-state index contributed by atoms with van der Waals surface area (Å²) in [7, 11) is 0. The van der Waals surface area contributed by atoms with Gasteiger partial charge in [-0.3, -0.25) is 0 Å². The molecule has 2 aromatic carbocycles. The van der Waals surface area contributed by atoms with Crippen molar-refractivity contribution in [1.29, 1.82) is 0 Å². The summed E-state index contributed by atoms with van der Waals surface area (Å²) >= 11 is 11.8. The Morgan fingerprint density at radius 1 is 1.12 bits per heavy atom. The van der Waals surface area contributed by atoms with Crippen molar-refractivity contribution in [2.75, 3.05) is 0 Å². The Labute approximate surface area is 148 Å². The molecule has 0 amide bonds. The molecule has 1 atom stereocenters. The SMILES string of the molecule is C[C@H](OC(=O)c1ccc(Cl)cc1Cl)c1nnc(-c2ccccc2)o1. The summed E-state index contributed by atoms with van der Waals surface area (Å²) in [5.41, 5.74) is 1.01. The van der Waals surface area contributed by atoms with Crippen molar-refractivity contribution < 1.29 is 13.9 Å². The van der Waals surface area contributed by atoms with Gasteiger partial charge in [0.05, 0.1) is 10.6 Å². The van der Waals surface area contributed by atoms with Gasteiger partial charge in [-0.15, -0.1) is 10.2 Å². The number of aromatic nitrogens is 2. The third-order valence-electron chi connectivity index (χ3n) is 3.24. The molecule has 7 heteroatoms. The van der Waals surface area contributed by atoms with Crippen LogP contribution in [-0.4, -0.2) is 16.2 Å². The van der Waals surface area contributed by atoms with Gasteiger partial charge in [-0.25, -0.2) is 4.79 Å². The van der Waals surface area contributed by atoms with Gasteiger partial charge in [0.15, 0.2) is 6.10 Å². The summed E-state index contributed by atoms with van der Waals surface area (Å²) in [5, 5.41) is 8.55. The molecular formula is C17H12Cl2N2O3. The van der Waals surface area contributed by atoms with E-state index in [0.29, 0.717) is 10.9 Å². The van der Waals surface area contributed by atoms with Crippen LogP contribution in [0.15, 0.2) is 52.9 Å². The van der Waals surface area contributed by atoms with E-state index in [-0.39, 0.29) is 16.5 Å². The molecule has 122 valence electrons. The molecule has 0 aliphatic rings. The minimum Gasteiger partial charge on any atom is -0.449 e. The number of carbonyl (C=O) groups excluding carboxylic acids is 1. The van der Waals surface area contributed by atoms with Crippen LogP contribution in [0.5, 0.6) is 0 Å². The van der Waals surface area contributed by atoms with Gasteiger partial charge in [0.25, 0.3) is 5.89 Å². The molecule has 3 aromatic rings. The summed E-state index contributed by atoms with van der Waals surface area (Å²) in [6.07, 6.45) is -0.714. The normalized spacial score (nSPS) is 12.0. The van der Waals surface area contributed by atoms with Gasteiger partial charge < -0.3 is 9.15 Å². The van der Waals surface area contributed by atoms with E-state index in [1.165, 1.54) is 12.1 Å². The molecule has 0 radical (unpaired) electrons. The number of ether oxygens (including phenoxy) is 1. The van der Waals surface area contributed by atoms with Crippen LogP contribution in [0.3, 0.4) is 0 Å². The van der Waals surface area contributed by atoms with E-state index in [2.05, 4.69) is 10.2 Å². The summed E-state index contributed by atoms with van der Waals surface area (Å²) in [5.74, 6) is -0.0334. The molecule has 0 saturated carbocycles. The standard InChI is InChI=1S/C17H12Cl2N2O3/c1-10(23-17(22)13-8-7-12(18)9-14(13)19)15-20-21-16(24-15)11-5-3-2-4-6-11/h2-10H,1H3/t10-/m0/s1. The quantitative estimate of drug-likeness (QED) is 0.613. The fraction of sp³-hybridized carbons (Fsp3) is 0.118. The van der Waals surface area contributed by atoms with E-state index in [9.17, 15) is 4.79 Å². The first kappa shape index (κ1) is 16.5. The topological polar surface area (TPSA) is 65.2 Å². The van der Waals surface area contributed by atoms with Gasteiger partial charge in [-0.2, -0.15) is 0 Å². The molecule has 0 N–H and O–H groups in total. The molecule has 0 aliphatic heterocycles. The zero-order valence-electron chi connectivity index (χ0n) is 12.6. The second-order valence-corrected chi connectivity index (χ2v) is 5.83. The lowest BCUT2D eigenvalue weighted by Crippen LogP contribution is -2.10. The highest BCUT2D eigenvalue weighted by Gasteiger charge is 2.21. The minimum absolute atomic E-state index is 0.201. The Morgan fingerprint density at radius 3 is 2.58 bits per heavy atom. The fourth-order valence-electron chi connectivity index (χ4n) is 2.03. The predicted octanol–water partition coefficient (Wildman–Crippen LogP) is 4.96. The number of rotatable bonds is 4. The van der Waals surface area contributed by atoms with Crippen LogP contribution in [0.1, 0.15) is 29.3 Å². The molecular weight excluding hydrogens is 351 g/mol. The van der Waals surface area contributed by atoms with E-state index >= 15 is 0 Å². The molecule has 0 saturated heterocycles. The number of hydrogen-bond acceptors (Lipinski definition) is 5. The smallest absolute Gasteiger partial charge is 0.340 e. The van der Waals surface area contributed by atoms with Gasteiger partial charge in [0, 0.05) is 10.6 Å². The van der Waals surface area contributed by atoms with Crippen LogP contribution >= 0.6 is 23.2 Å². The number of carbonyl (C=O) groups is 1. The molecule has 3 rings (SSSR count). The first-order valence-corrected chi connectivity index (χ1v) is 7.85. The number of benzene rings is 2. The van der Waals surface area contributed by atoms with Gasteiger partial charge in [-0.1, -0.05) is 41.4 Å². The zero-order chi connectivity index (χ0) is 17.1. The second kappa shape index (κ2) is 7.03. The Morgan fingerprint density at radius 2 is 1.88 bits per heavy atom. The van der Waals surface area contributed by atoms with E-state index in [4.69, 9.17) is 32.4 Å². The van der Waals surface area contributed by atoms with Crippen molar-refractivity contribution >= 4 is 29.2 Å². The van der Waals surface area contributed by atoms with E-state index in [1.54, 1.807) is 13.0 Å². The largest absolute Gasteiger partial charge is 0.449 e. The third kappa shape index (κ3) is 3.58. The van der Waals surface area contributed by atoms with Crippen LogP contribution in [0.25, 0.3) is 11.5 Å². The maximum atomic E-state index is 12.2. The van der Waals surface area contributed by atoms with E-state index in [1.807, 2.05) is 30.3 Å². The predicted molar refractivity (Wildman–Crippen MR) is 90.0 cm³/mol. The summed E-state index contributed by atoms with van der Waals surface area (Å²) in [4.78, 5) is 12.2. The number of halogens is 2. The first-order chi connectivity index (χ1) is 11.5. The Balaban J connectivity index is 1.74. The molecule has 0 bridgehead atoms. The van der Waals surface area contributed by atoms with Crippen molar-refractivity contribution in [3.8, 4) is 11.5 Å². The summed E-state index contributed by atoms with van der Waals surface area (Å²) in [6.45, 7) is 1.64. The molecule has 1 aromatic heterocycles. The van der Waals surface area contributed by atoms with Gasteiger partial charge in [0.2, 0.25) is 5.89 Å². The van der Waals surface area contributed by atoms with Crippen LogP contribution in [0, 0.1) is 0 Å². The lowest BCUT2D eigenvalue weighted by Gasteiger charge is -2.10. The van der Waals surface area contributed by atoms with Crippen molar-refractivity contribution in [2.45, 2.75) is 13.0 Å². The van der Waals surface area contributed by atoms with Gasteiger partial charge >= 0.3 is 5.97 Å². The van der Waals surface area contributed by atoms with Crippen molar-refractivity contribution in [1.82, 2.24) is 10.2 Å². The highest BCUT2D eigenvalue weighted by Crippen LogP contribution is 2.26. The first-order valence-electron chi connectivity index (χ1n) is 7.09. The molecule has 24 heavy (non-hydrogen) atoms. The Bertz CT molecular complexity index is 865. The third-order valence-corrected chi connectivity index (χ3v) is 3.79. The molecule has 5 nitrogen and oxygen atoms in total. The molecule has 0 fully saturated rings. The van der Waals surface area contributed by atoms with E-state index < -0.39 is 12.1 Å². The molecule has 1 heterocycles. The number of hydrogen-bond donors (Lipinski definition) is 0. The minimum atomic E-state index is -0.714. The second-order valence-electron chi connectivity index (χ2n) is 4.98. The van der Waals surface area contributed by atoms with Crippen molar-refractivity contribution in [2.24, 2.45) is 0 Å². The number of nitrogens with zero attached hydrogens (tertiary/aromatic N) is 2. The van der Waals surface area contributed by atoms with Crippen LogP contribution in [-0.2, 0) is 4.74 Å². The molecule has 0 unspecified atom stereocenters. The Kier molecular flexibility index (Phi) is 4.83. The summed E-state index contributed by atoms with van der Waals surface area (Å²) < 4.78 is 10.9. The molecule has 0 aliphatic carbocycles. The maximum Gasteiger partial charge on any atom is 0.340 e. The van der Waals surface area contributed by atoms with E-state index in [0.717, 1.165) is 5.56 Å². The highest BCUT2D eigenvalue weighted by atomic mass is 35.5. The monoisotopic (exact) mass is 362 g/mol. The van der Waals surface area contributed by atoms with Crippen molar-refractivity contribution in [3.05, 3.63) is 70.0 Å². The van der Waals surface area contributed by atoms with Crippen LogP contribution < -0.4 is 0 Å². The average molecular weight is 363 g/mol. The van der Waals surface area contributed by atoms with Crippen molar-refractivity contribution in [3.63, 3.8) is 0 Å². The average Bonchev–Trinajstić information content (AvgIpc) is 3.05.